The van der Waals surface area contributed by atoms with Gasteiger partial charge in [-0.2, -0.15) is 10.4 Å². The van der Waals surface area contributed by atoms with Gasteiger partial charge in [0, 0.05) is 18.3 Å². The number of benzene rings is 1. The van der Waals surface area contributed by atoms with Crippen LogP contribution in [0.1, 0.15) is 40.7 Å². The van der Waals surface area contributed by atoms with Crippen molar-refractivity contribution in [3.8, 4) is 11.8 Å². The van der Waals surface area contributed by atoms with Gasteiger partial charge in [-0.15, -0.1) is 0 Å². The minimum atomic E-state index is -1.36. The highest BCUT2D eigenvalue weighted by Gasteiger charge is 2.34. The highest BCUT2D eigenvalue weighted by atomic mass is 16.2. The lowest BCUT2D eigenvalue weighted by Gasteiger charge is -2.07. The minimum absolute atomic E-state index is 0.252. The lowest BCUT2D eigenvalue weighted by molar-refractivity contribution is -0.121. The summed E-state index contributed by atoms with van der Waals surface area (Å²) in [7, 11) is 1.41. The molecule has 0 aliphatic heterocycles. The molecule has 1 aliphatic rings. The molecule has 1 aliphatic carbocycles. The monoisotopic (exact) mass is 336 g/mol. The normalized spacial score (nSPS) is 13.8. The van der Waals surface area contributed by atoms with Crippen molar-refractivity contribution in [2.45, 2.75) is 32.6 Å². The zero-order valence-electron chi connectivity index (χ0n) is 14.4. The second-order valence-electron chi connectivity index (χ2n) is 6.10. The number of rotatable bonds is 5. The number of fused-ring (bicyclic) bond motifs is 1. The van der Waals surface area contributed by atoms with Crippen LogP contribution >= 0.6 is 0 Å². The van der Waals surface area contributed by atoms with Gasteiger partial charge in [0.05, 0.1) is 11.8 Å². The summed E-state index contributed by atoms with van der Waals surface area (Å²) in [4.78, 5) is 24.5. The first kappa shape index (κ1) is 16.9. The second-order valence-corrected chi connectivity index (χ2v) is 6.10. The first-order valence-corrected chi connectivity index (χ1v) is 8.46. The van der Waals surface area contributed by atoms with Crippen molar-refractivity contribution in [3.63, 3.8) is 0 Å². The van der Waals surface area contributed by atoms with Gasteiger partial charge >= 0.3 is 0 Å². The number of aryl methyl sites for hydroxylation is 1. The number of amides is 1. The lowest BCUT2D eigenvalue weighted by Crippen LogP contribution is -2.32. The van der Waals surface area contributed by atoms with Gasteiger partial charge in [0.15, 0.2) is 5.92 Å². The van der Waals surface area contributed by atoms with Crippen LogP contribution in [-0.2, 0) is 24.1 Å². The molecule has 0 bridgehead atoms. The van der Waals surface area contributed by atoms with Crippen molar-refractivity contribution in [2.75, 3.05) is 7.05 Å². The Morgan fingerprint density at radius 1 is 1.32 bits per heavy atom. The van der Waals surface area contributed by atoms with Gasteiger partial charge in [-0.3, -0.25) is 9.59 Å². The van der Waals surface area contributed by atoms with Crippen LogP contribution in [0, 0.1) is 17.2 Å². The molecule has 0 radical (unpaired) electrons. The van der Waals surface area contributed by atoms with Crippen LogP contribution in [0.15, 0.2) is 24.3 Å². The Morgan fingerprint density at radius 2 is 2.04 bits per heavy atom. The Kier molecular flexibility index (Phi) is 4.66. The average Bonchev–Trinajstić information content (AvgIpc) is 3.24. The molecule has 0 fully saturated rings. The SMILES string of the molecule is CCc1ccc(-n2nc(C(=O)[C@@H](C#N)C(=O)NC)c3c2CCC3)cc1. The minimum Gasteiger partial charge on any atom is -0.358 e. The van der Waals surface area contributed by atoms with Crippen molar-refractivity contribution in [2.24, 2.45) is 5.92 Å². The number of carbonyl (C=O) groups is 2. The Bertz CT molecular complexity index is 859. The van der Waals surface area contributed by atoms with E-state index in [1.165, 1.54) is 12.6 Å². The predicted octanol–water partition coefficient (Wildman–Crippen LogP) is 1.99. The van der Waals surface area contributed by atoms with Crippen molar-refractivity contribution in [3.05, 3.63) is 46.8 Å². The van der Waals surface area contributed by atoms with E-state index in [0.29, 0.717) is 0 Å². The van der Waals surface area contributed by atoms with Crippen molar-refractivity contribution in [1.82, 2.24) is 15.1 Å². The number of nitriles is 1. The molecule has 1 aromatic heterocycles. The second kappa shape index (κ2) is 6.89. The van der Waals surface area contributed by atoms with E-state index in [2.05, 4.69) is 17.3 Å². The van der Waals surface area contributed by atoms with Gasteiger partial charge < -0.3 is 5.32 Å². The van der Waals surface area contributed by atoms with Gasteiger partial charge in [0.2, 0.25) is 11.7 Å². The molecule has 128 valence electrons. The molecule has 1 heterocycles. The third-order valence-corrected chi connectivity index (χ3v) is 4.65. The summed E-state index contributed by atoms with van der Waals surface area (Å²) in [5.41, 5.74) is 4.24. The first-order chi connectivity index (χ1) is 12.1. The molecule has 6 heteroatoms. The Hall–Kier alpha value is -2.94. The van der Waals surface area contributed by atoms with Crippen molar-refractivity contribution < 1.29 is 9.59 Å². The van der Waals surface area contributed by atoms with Crippen molar-refractivity contribution in [1.29, 1.82) is 5.26 Å². The summed E-state index contributed by atoms with van der Waals surface area (Å²) in [5, 5.41) is 16.1. The Balaban J connectivity index is 2.04. The Morgan fingerprint density at radius 3 is 2.64 bits per heavy atom. The average molecular weight is 336 g/mol. The highest BCUT2D eigenvalue weighted by Crippen LogP contribution is 2.29. The van der Waals surface area contributed by atoms with Crippen LogP contribution < -0.4 is 5.32 Å². The van der Waals surface area contributed by atoms with Crippen LogP contribution in [0.4, 0.5) is 0 Å². The fraction of sp³-hybridized carbons (Fsp3) is 0.368. The summed E-state index contributed by atoms with van der Waals surface area (Å²) in [6, 6.07) is 9.85. The van der Waals surface area contributed by atoms with Crippen LogP contribution in [0.5, 0.6) is 0 Å². The molecule has 2 aromatic rings. The van der Waals surface area contributed by atoms with Gasteiger partial charge in [0.25, 0.3) is 0 Å². The van der Waals surface area contributed by atoms with E-state index in [1.54, 1.807) is 10.8 Å². The van der Waals surface area contributed by atoms with E-state index in [9.17, 15) is 14.9 Å². The lowest BCUT2D eigenvalue weighted by atomic mass is 9.99. The van der Waals surface area contributed by atoms with E-state index in [-0.39, 0.29) is 5.69 Å². The van der Waals surface area contributed by atoms with Gasteiger partial charge in [-0.05, 0) is 43.4 Å². The molecular formula is C19H20N4O2. The molecular weight excluding hydrogens is 316 g/mol. The molecule has 0 saturated heterocycles. The zero-order valence-corrected chi connectivity index (χ0v) is 14.4. The Labute approximate surface area is 146 Å². The maximum atomic E-state index is 12.7. The van der Waals surface area contributed by atoms with E-state index >= 15 is 0 Å². The largest absolute Gasteiger partial charge is 0.358 e. The number of ketones is 1. The van der Waals surface area contributed by atoms with E-state index in [4.69, 9.17) is 0 Å². The quantitative estimate of drug-likeness (QED) is 0.668. The van der Waals surface area contributed by atoms with Gasteiger partial charge in [-0.25, -0.2) is 4.68 Å². The van der Waals surface area contributed by atoms with Crippen LogP contribution in [0.25, 0.3) is 5.69 Å². The van der Waals surface area contributed by atoms with E-state index in [1.807, 2.05) is 24.3 Å². The molecule has 1 amide bonds. The molecule has 1 atom stereocenters. The highest BCUT2D eigenvalue weighted by molar-refractivity contribution is 6.12. The van der Waals surface area contributed by atoms with Crippen molar-refractivity contribution >= 4 is 11.7 Å². The predicted molar refractivity (Wildman–Crippen MR) is 92.5 cm³/mol. The van der Waals surface area contributed by atoms with Crippen LogP contribution in [0.3, 0.4) is 0 Å². The standard InChI is InChI=1S/C19H20N4O2/c1-3-12-7-9-13(10-8-12)23-16-6-4-5-14(16)17(22-23)18(24)15(11-20)19(25)21-2/h7-10,15H,3-6H2,1-2H3,(H,21,25)/t15-/m1/s1. The summed E-state index contributed by atoms with van der Waals surface area (Å²) in [6.45, 7) is 2.10. The molecule has 0 unspecified atom stereocenters. The molecule has 0 saturated carbocycles. The number of carbonyl (C=O) groups excluding carboxylic acids is 2. The third kappa shape index (κ3) is 2.93. The summed E-state index contributed by atoms with van der Waals surface area (Å²) >= 11 is 0. The maximum absolute atomic E-state index is 12.7. The molecule has 3 rings (SSSR count). The third-order valence-electron chi connectivity index (χ3n) is 4.65. The van der Waals surface area contributed by atoms with Crippen LogP contribution in [-0.4, -0.2) is 28.5 Å². The number of hydrogen-bond acceptors (Lipinski definition) is 4. The summed E-state index contributed by atoms with van der Waals surface area (Å²) < 4.78 is 1.79. The van der Waals surface area contributed by atoms with Crippen LogP contribution in [0.2, 0.25) is 0 Å². The topological polar surface area (TPSA) is 87.8 Å². The summed E-state index contributed by atoms with van der Waals surface area (Å²) in [5.74, 6) is -2.48. The fourth-order valence-electron chi connectivity index (χ4n) is 3.24. The van der Waals surface area contributed by atoms with E-state index < -0.39 is 17.6 Å². The smallest absolute Gasteiger partial charge is 0.245 e. The number of nitrogens with one attached hydrogen (secondary N) is 1. The maximum Gasteiger partial charge on any atom is 0.245 e. The number of Topliss-reactive ketones (excluding diaryl/α,β-unsaturated/α-hetero) is 1. The molecule has 1 N–H and O–H groups in total. The number of hydrogen-bond donors (Lipinski definition) is 1. The van der Waals surface area contributed by atoms with Gasteiger partial charge in [-0.1, -0.05) is 19.1 Å². The fourth-order valence-corrected chi connectivity index (χ4v) is 3.24. The van der Waals surface area contributed by atoms with Gasteiger partial charge in [0.1, 0.15) is 5.69 Å². The molecule has 1 aromatic carbocycles. The zero-order chi connectivity index (χ0) is 18.0. The number of nitrogens with zero attached hydrogens (tertiary/aromatic N) is 3. The van der Waals surface area contributed by atoms with E-state index in [0.717, 1.165) is 42.6 Å². The molecule has 6 nitrogen and oxygen atoms in total. The number of aromatic nitrogens is 2. The molecule has 25 heavy (non-hydrogen) atoms. The summed E-state index contributed by atoms with van der Waals surface area (Å²) in [6.07, 6.45) is 3.48. The molecule has 0 spiro atoms. The first-order valence-electron chi connectivity index (χ1n) is 8.46.